The van der Waals surface area contributed by atoms with Gasteiger partial charge in [-0.1, -0.05) is 6.92 Å². The predicted molar refractivity (Wildman–Crippen MR) is 40.3 cm³/mol. The molecular formula is C3H10N2O4S2. The summed E-state index contributed by atoms with van der Waals surface area (Å²) in [5.41, 5.74) is 0. The minimum atomic E-state index is -4.09. The molecule has 0 saturated heterocycles. The van der Waals surface area contributed by atoms with Crippen molar-refractivity contribution in [2.75, 3.05) is 0 Å². The van der Waals surface area contributed by atoms with E-state index in [-0.39, 0.29) is 6.42 Å². The van der Waals surface area contributed by atoms with Gasteiger partial charge in [-0.2, -0.15) is 0 Å². The summed E-state index contributed by atoms with van der Waals surface area (Å²) in [4.78, 5) is 0. The monoisotopic (exact) mass is 202 g/mol. The highest BCUT2D eigenvalue weighted by Gasteiger charge is 2.30. The van der Waals surface area contributed by atoms with Crippen molar-refractivity contribution < 1.29 is 16.8 Å². The SMILES string of the molecule is CCC(S(N)(=O)=O)S(N)(=O)=O. The van der Waals surface area contributed by atoms with Crippen LogP contribution >= 0.6 is 0 Å². The number of hydrogen-bond acceptors (Lipinski definition) is 4. The van der Waals surface area contributed by atoms with Crippen molar-refractivity contribution in [2.24, 2.45) is 10.3 Å². The third kappa shape index (κ3) is 3.14. The molecule has 0 radical (unpaired) electrons. The summed E-state index contributed by atoms with van der Waals surface area (Å²) in [5.74, 6) is 0. The largest absolute Gasteiger partial charge is 0.228 e. The zero-order valence-electron chi connectivity index (χ0n) is 5.89. The van der Waals surface area contributed by atoms with Crippen LogP contribution in [0.15, 0.2) is 0 Å². The van der Waals surface area contributed by atoms with E-state index in [1.807, 2.05) is 0 Å². The molecule has 0 aromatic heterocycles. The molecule has 0 rings (SSSR count). The van der Waals surface area contributed by atoms with E-state index in [4.69, 9.17) is 0 Å². The van der Waals surface area contributed by atoms with Crippen LogP contribution in [0, 0.1) is 0 Å². The fourth-order valence-electron chi connectivity index (χ4n) is 0.652. The van der Waals surface area contributed by atoms with E-state index in [9.17, 15) is 16.8 Å². The highest BCUT2D eigenvalue weighted by Crippen LogP contribution is 2.05. The Bertz CT molecular complexity index is 283. The third-order valence-corrected chi connectivity index (χ3v) is 4.81. The van der Waals surface area contributed by atoms with Gasteiger partial charge in [0.05, 0.1) is 0 Å². The van der Waals surface area contributed by atoms with Crippen LogP contribution in [-0.4, -0.2) is 21.4 Å². The summed E-state index contributed by atoms with van der Waals surface area (Å²) in [6, 6.07) is 0. The first-order chi connectivity index (χ1) is 4.69. The molecule has 0 atom stereocenters. The van der Waals surface area contributed by atoms with Crippen molar-refractivity contribution in [3.63, 3.8) is 0 Å². The Morgan fingerprint density at radius 2 is 1.36 bits per heavy atom. The van der Waals surface area contributed by atoms with E-state index >= 15 is 0 Å². The van der Waals surface area contributed by atoms with Crippen LogP contribution in [0.4, 0.5) is 0 Å². The number of rotatable bonds is 3. The predicted octanol–water partition coefficient (Wildman–Crippen LogP) is -1.70. The van der Waals surface area contributed by atoms with Crippen LogP contribution in [0.5, 0.6) is 0 Å². The van der Waals surface area contributed by atoms with Gasteiger partial charge in [-0.25, -0.2) is 27.1 Å². The van der Waals surface area contributed by atoms with E-state index in [0.717, 1.165) is 0 Å². The molecule has 6 nitrogen and oxygen atoms in total. The quantitative estimate of drug-likeness (QED) is 0.566. The molecule has 0 spiro atoms. The first-order valence-corrected chi connectivity index (χ1v) is 5.94. The minimum Gasteiger partial charge on any atom is -0.228 e. The lowest BCUT2D eigenvalue weighted by Gasteiger charge is -2.08. The summed E-state index contributed by atoms with van der Waals surface area (Å²) < 4.78 is 40.4. The van der Waals surface area contributed by atoms with Crippen molar-refractivity contribution in [2.45, 2.75) is 17.9 Å². The number of primary sulfonamides is 2. The van der Waals surface area contributed by atoms with E-state index in [0.29, 0.717) is 0 Å². The highest BCUT2D eigenvalue weighted by atomic mass is 32.3. The van der Waals surface area contributed by atoms with Gasteiger partial charge in [0.15, 0.2) is 4.58 Å². The molecular weight excluding hydrogens is 192 g/mol. The van der Waals surface area contributed by atoms with Gasteiger partial charge in [0.1, 0.15) is 0 Å². The van der Waals surface area contributed by atoms with E-state index in [1.165, 1.54) is 6.92 Å². The maximum atomic E-state index is 10.5. The van der Waals surface area contributed by atoms with Crippen LogP contribution in [0.1, 0.15) is 13.3 Å². The number of nitrogens with two attached hydrogens (primary N) is 2. The summed E-state index contributed by atoms with van der Waals surface area (Å²) in [7, 11) is -8.17. The topological polar surface area (TPSA) is 120 Å². The van der Waals surface area contributed by atoms with Crippen LogP contribution in [0.3, 0.4) is 0 Å². The standard InChI is InChI=1S/C3H10N2O4S2/c1-2-3(10(4,6)7)11(5,8)9/h3H,2H2,1H3,(H2,4,6,7)(H2,5,8,9). The number of hydrogen-bond donors (Lipinski definition) is 2. The maximum absolute atomic E-state index is 10.5. The summed E-state index contributed by atoms with van der Waals surface area (Å²) in [6.07, 6.45) is -0.141. The fraction of sp³-hybridized carbons (Fsp3) is 1.00. The van der Waals surface area contributed by atoms with Crippen molar-refractivity contribution >= 4 is 20.0 Å². The second-order valence-corrected chi connectivity index (χ2v) is 5.81. The lowest BCUT2D eigenvalue weighted by atomic mass is 10.6. The van der Waals surface area contributed by atoms with Gasteiger partial charge >= 0.3 is 0 Å². The lowest BCUT2D eigenvalue weighted by Crippen LogP contribution is -2.39. The van der Waals surface area contributed by atoms with Gasteiger partial charge in [0.2, 0.25) is 20.0 Å². The molecule has 11 heavy (non-hydrogen) atoms. The van der Waals surface area contributed by atoms with Crippen LogP contribution < -0.4 is 10.3 Å². The molecule has 0 amide bonds. The summed E-state index contributed by atoms with van der Waals surface area (Å²) >= 11 is 0. The molecule has 68 valence electrons. The Kier molecular flexibility index (Phi) is 3.00. The molecule has 0 aromatic carbocycles. The Morgan fingerprint density at radius 3 is 1.36 bits per heavy atom. The molecule has 0 aliphatic rings. The Hall–Kier alpha value is -0.180. The lowest BCUT2D eigenvalue weighted by molar-refractivity contribution is 0.574. The van der Waals surface area contributed by atoms with Gasteiger partial charge in [0, 0.05) is 0 Å². The molecule has 4 N–H and O–H groups in total. The smallest absolute Gasteiger partial charge is 0.227 e. The maximum Gasteiger partial charge on any atom is 0.227 e. The molecule has 0 heterocycles. The zero-order valence-corrected chi connectivity index (χ0v) is 7.52. The van der Waals surface area contributed by atoms with Gasteiger partial charge in [-0.3, -0.25) is 0 Å². The van der Waals surface area contributed by atoms with Gasteiger partial charge in [0.25, 0.3) is 0 Å². The molecule has 0 saturated carbocycles. The second kappa shape index (κ2) is 3.05. The Morgan fingerprint density at radius 1 is 1.09 bits per heavy atom. The average Bonchev–Trinajstić information content (AvgIpc) is 1.56. The van der Waals surface area contributed by atoms with Crippen LogP contribution in [0.2, 0.25) is 0 Å². The summed E-state index contributed by atoms with van der Waals surface area (Å²) in [5, 5.41) is 9.18. The Labute approximate surface area is 65.7 Å². The molecule has 8 heteroatoms. The van der Waals surface area contributed by atoms with E-state index in [2.05, 4.69) is 10.3 Å². The minimum absolute atomic E-state index is 0.141. The van der Waals surface area contributed by atoms with E-state index in [1.54, 1.807) is 0 Å². The van der Waals surface area contributed by atoms with Crippen molar-refractivity contribution in [3.8, 4) is 0 Å². The molecule has 0 unspecified atom stereocenters. The van der Waals surface area contributed by atoms with Gasteiger partial charge in [-0.05, 0) is 6.42 Å². The van der Waals surface area contributed by atoms with Crippen molar-refractivity contribution in [1.29, 1.82) is 0 Å². The molecule has 0 aromatic rings. The zero-order chi connectivity index (χ0) is 9.28. The van der Waals surface area contributed by atoms with Crippen molar-refractivity contribution in [1.82, 2.24) is 0 Å². The molecule has 0 aliphatic heterocycles. The van der Waals surface area contributed by atoms with Gasteiger partial charge in [-0.15, -0.1) is 0 Å². The average molecular weight is 202 g/mol. The molecule has 0 aliphatic carbocycles. The van der Waals surface area contributed by atoms with Crippen molar-refractivity contribution in [3.05, 3.63) is 0 Å². The first-order valence-electron chi connectivity index (χ1n) is 2.72. The highest BCUT2D eigenvalue weighted by molar-refractivity contribution is 8.07. The summed E-state index contributed by atoms with van der Waals surface area (Å²) in [6.45, 7) is 1.37. The third-order valence-electron chi connectivity index (χ3n) is 1.07. The fourth-order valence-corrected chi connectivity index (χ4v) is 3.08. The normalized spacial score (nSPS) is 13.8. The van der Waals surface area contributed by atoms with E-state index < -0.39 is 24.6 Å². The molecule has 0 bridgehead atoms. The molecule has 0 fully saturated rings. The van der Waals surface area contributed by atoms with Crippen LogP contribution in [0.25, 0.3) is 0 Å². The number of sulfonamides is 2. The van der Waals surface area contributed by atoms with Gasteiger partial charge < -0.3 is 0 Å². The Balaban J connectivity index is 5.05. The van der Waals surface area contributed by atoms with Crippen LogP contribution in [-0.2, 0) is 20.0 Å². The second-order valence-electron chi connectivity index (χ2n) is 2.02. The first kappa shape index (κ1) is 10.8.